The second-order valence-corrected chi connectivity index (χ2v) is 7.99. The van der Waals surface area contributed by atoms with Crippen LogP contribution in [-0.4, -0.2) is 71.1 Å². The molecule has 0 rings (SSSR count). The molecule has 0 saturated carbocycles. The van der Waals surface area contributed by atoms with Gasteiger partial charge in [0.1, 0.15) is 6.04 Å². The average molecular weight is 428 g/mol. The molecule has 0 aromatic carbocycles. The summed E-state index contributed by atoms with van der Waals surface area (Å²) in [7, 11) is 0. The lowest BCUT2D eigenvalue weighted by Crippen LogP contribution is -2.36. The molecule has 3 atom stereocenters. The molecule has 9 N–H and O–H groups in total. The van der Waals surface area contributed by atoms with E-state index >= 15 is 0 Å². The van der Waals surface area contributed by atoms with Crippen molar-refractivity contribution < 1.29 is 14.7 Å². The third kappa shape index (κ3) is 25.6. The Morgan fingerprint density at radius 3 is 1.62 bits per heavy atom. The summed E-state index contributed by atoms with van der Waals surface area (Å²) in [4.78, 5) is 20.4. The minimum atomic E-state index is -0.913. The summed E-state index contributed by atoms with van der Waals surface area (Å²) in [5.41, 5.74) is 20.7. The van der Waals surface area contributed by atoms with Crippen LogP contribution in [0.2, 0.25) is 0 Å². The number of carbonyl (C=O) groups excluding carboxylic acids is 1. The van der Waals surface area contributed by atoms with Gasteiger partial charge in [0.05, 0.1) is 18.2 Å². The van der Waals surface area contributed by atoms with Gasteiger partial charge in [-0.15, -0.1) is 0 Å². The molecule has 3 unspecified atom stereocenters. The number of aliphatic carboxylic acids is 1. The summed E-state index contributed by atoms with van der Waals surface area (Å²) in [6.45, 7) is 0. The fraction of sp³-hybridized carbons (Fsp3) is 0.800. The normalized spacial score (nSPS) is 13.0. The molecule has 0 heterocycles. The molecule has 0 aromatic heterocycles. The number of amides is 1. The molecule has 154 valence electrons. The highest BCUT2D eigenvalue weighted by atomic mass is 32.2. The average Bonchev–Trinajstić information content (AvgIpc) is 2.62. The van der Waals surface area contributed by atoms with Gasteiger partial charge in [0.15, 0.2) is 0 Å². The quantitative estimate of drug-likeness (QED) is 0.307. The maximum Gasteiger partial charge on any atom is 0.320 e. The van der Waals surface area contributed by atoms with Crippen LogP contribution in [0.25, 0.3) is 0 Å². The fourth-order valence-corrected chi connectivity index (χ4v) is 2.53. The van der Waals surface area contributed by atoms with Crippen molar-refractivity contribution in [2.45, 2.75) is 37.4 Å². The number of nitrogens with zero attached hydrogens (tertiary/aromatic N) is 1. The first-order chi connectivity index (χ1) is 12.2. The van der Waals surface area contributed by atoms with E-state index in [1.54, 1.807) is 35.3 Å². The van der Waals surface area contributed by atoms with E-state index < -0.39 is 24.0 Å². The Labute approximate surface area is 169 Å². The third-order valence-corrected chi connectivity index (χ3v) is 4.68. The molecule has 0 bridgehead atoms. The number of nitrogens with two attached hydrogens (primary N) is 4. The maximum absolute atomic E-state index is 10.3. The van der Waals surface area contributed by atoms with Gasteiger partial charge in [-0.1, -0.05) is 0 Å². The van der Waals surface area contributed by atoms with Gasteiger partial charge in [-0.3, -0.25) is 9.59 Å². The van der Waals surface area contributed by atoms with E-state index in [0.29, 0.717) is 12.8 Å². The zero-order valence-corrected chi connectivity index (χ0v) is 18.2. The second kappa shape index (κ2) is 22.4. The molecule has 0 aliphatic heterocycles. The van der Waals surface area contributed by atoms with Crippen LogP contribution in [0.5, 0.6) is 0 Å². The highest BCUT2D eigenvalue weighted by molar-refractivity contribution is 7.98. The lowest BCUT2D eigenvalue weighted by Gasteiger charge is -2.03. The molecular weight excluding hydrogens is 394 g/mol. The summed E-state index contributed by atoms with van der Waals surface area (Å²) < 4.78 is 0. The Balaban J connectivity index is -0.000000306. The van der Waals surface area contributed by atoms with Crippen molar-refractivity contribution >= 4 is 47.2 Å². The van der Waals surface area contributed by atoms with Gasteiger partial charge in [-0.25, -0.2) is 0 Å². The van der Waals surface area contributed by atoms with Crippen LogP contribution in [0, 0.1) is 11.3 Å². The van der Waals surface area contributed by atoms with E-state index in [4.69, 9.17) is 33.3 Å². The first kappa shape index (κ1) is 30.1. The largest absolute Gasteiger partial charge is 0.480 e. The molecule has 0 aliphatic carbocycles. The molecule has 26 heavy (non-hydrogen) atoms. The van der Waals surface area contributed by atoms with Crippen molar-refractivity contribution in [3.63, 3.8) is 0 Å². The van der Waals surface area contributed by atoms with Crippen molar-refractivity contribution in [1.29, 1.82) is 5.26 Å². The van der Waals surface area contributed by atoms with Gasteiger partial charge in [-0.05, 0) is 55.3 Å². The molecule has 8 nitrogen and oxygen atoms in total. The van der Waals surface area contributed by atoms with Crippen molar-refractivity contribution in [2.24, 2.45) is 22.9 Å². The van der Waals surface area contributed by atoms with Crippen molar-refractivity contribution in [3.05, 3.63) is 0 Å². The Kier molecular flexibility index (Phi) is 25.9. The summed E-state index contributed by atoms with van der Waals surface area (Å²) >= 11 is 4.98. The molecule has 0 aromatic rings. The van der Waals surface area contributed by atoms with Gasteiger partial charge in [-0.2, -0.15) is 40.5 Å². The highest BCUT2D eigenvalue weighted by Crippen LogP contribution is 1.98. The van der Waals surface area contributed by atoms with Crippen LogP contribution in [0.1, 0.15) is 19.3 Å². The van der Waals surface area contributed by atoms with Gasteiger partial charge in [0.2, 0.25) is 5.91 Å². The lowest BCUT2D eigenvalue weighted by atomic mass is 10.2. The minimum absolute atomic E-state index is 0.262. The fourth-order valence-electron chi connectivity index (χ4n) is 1.06. The second-order valence-electron chi connectivity index (χ2n) is 5.03. The smallest absolute Gasteiger partial charge is 0.320 e. The number of hydrogen-bond acceptors (Lipinski definition) is 9. The standard InChI is InChI=1S/C5H12N2OS.C5H10N2S.C5H11NO2S/c1-9-3-2-4(6)5(7)8;1-8-3-2-5(7)4-6;1-9-3-2-4(6)5(7)8/h4H,2-3,6H2,1H3,(H2,7,8);5H,2-3,7H2,1H3;4H,2-3,6H2,1H3,(H,7,8). The van der Waals surface area contributed by atoms with Gasteiger partial charge in [0.25, 0.3) is 0 Å². The number of nitriles is 1. The predicted molar refractivity (Wildman–Crippen MR) is 115 cm³/mol. The Bertz CT molecular complexity index is 373. The number of rotatable bonds is 11. The number of hydrogen-bond donors (Lipinski definition) is 5. The number of primary amides is 1. The van der Waals surface area contributed by atoms with E-state index in [2.05, 4.69) is 0 Å². The molecule has 0 aliphatic rings. The number of carboxylic acids is 1. The Morgan fingerprint density at radius 1 is 0.923 bits per heavy atom. The van der Waals surface area contributed by atoms with E-state index in [1.807, 2.05) is 24.8 Å². The Morgan fingerprint density at radius 2 is 1.31 bits per heavy atom. The highest BCUT2D eigenvalue weighted by Gasteiger charge is 2.09. The molecule has 1 amide bonds. The summed E-state index contributed by atoms with van der Waals surface area (Å²) in [5.74, 6) is 1.36. The van der Waals surface area contributed by atoms with Gasteiger partial charge in [0, 0.05) is 0 Å². The number of carbonyl (C=O) groups is 2. The molecule has 0 spiro atoms. The van der Waals surface area contributed by atoms with Crippen molar-refractivity contribution in [3.8, 4) is 6.07 Å². The molecule has 0 radical (unpaired) electrons. The number of carboxylic acid groups (broad SMARTS) is 1. The summed E-state index contributed by atoms with van der Waals surface area (Å²) in [6.07, 6.45) is 7.93. The predicted octanol–water partition coefficient (Wildman–Crippen LogP) is 0.294. The Hall–Kier alpha value is -0.640. The topological polar surface area (TPSA) is 182 Å². The first-order valence-corrected chi connectivity index (χ1v) is 12.0. The van der Waals surface area contributed by atoms with Crippen LogP contribution in [0.15, 0.2) is 0 Å². The zero-order chi connectivity index (χ0) is 21.0. The van der Waals surface area contributed by atoms with Crippen LogP contribution >= 0.6 is 35.3 Å². The maximum atomic E-state index is 10.3. The molecule has 11 heteroatoms. The first-order valence-electron chi connectivity index (χ1n) is 7.83. The van der Waals surface area contributed by atoms with Crippen LogP contribution in [0.3, 0.4) is 0 Å². The molecule has 0 saturated heterocycles. The van der Waals surface area contributed by atoms with E-state index in [-0.39, 0.29) is 6.04 Å². The third-order valence-electron chi connectivity index (χ3n) is 2.75. The van der Waals surface area contributed by atoms with Crippen LogP contribution in [-0.2, 0) is 9.59 Å². The van der Waals surface area contributed by atoms with Crippen LogP contribution < -0.4 is 22.9 Å². The monoisotopic (exact) mass is 427 g/mol. The molecular formula is C15H33N5O3S3. The minimum Gasteiger partial charge on any atom is -0.480 e. The lowest BCUT2D eigenvalue weighted by molar-refractivity contribution is -0.138. The zero-order valence-electron chi connectivity index (χ0n) is 15.7. The van der Waals surface area contributed by atoms with Gasteiger partial charge < -0.3 is 28.0 Å². The van der Waals surface area contributed by atoms with E-state index in [0.717, 1.165) is 23.7 Å². The SMILES string of the molecule is CSCCC(N)C#N.CSCCC(N)C(=O)O.CSCCC(N)C(N)=O. The van der Waals surface area contributed by atoms with E-state index in [1.165, 1.54) is 0 Å². The van der Waals surface area contributed by atoms with E-state index in [9.17, 15) is 9.59 Å². The summed E-state index contributed by atoms with van der Waals surface area (Å²) in [6, 6.07) is 0.559. The van der Waals surface area contributed by atoms with Crippen molar-refractivity contribution in [2.75, 3.05) is 36.0 Å². The van der Waals surface area contributed by atoms with Gasteiger partial charge >= 0.3 is 5.97 Å². The molecule has 0 fully saturated rings. The van der Waals surface area contributed by atoms with Crippen molar-refractivity contribution in [1.82, 2.24) is 0 Å². The van der Waals surface area contributed by atoms with Crippen LogP contribution in [0.4, 0.5) is 0 Å². The number of thioether (sulfide) groups is 3. The summed E-state index contributed by atoms with van der Waals surface area (Å²) in [5, 5.41) is 16.5.